The van der Waals surface area contributed by atoms with E-state index in [1.165, 1.54) is 11.3 Å². The van der Waals surface area contributed by atoms with E-state index < -0.39 is 5.97 Å². The molecule has 0 unspecified atom stereocenters. The maximum atomic E-state index is 10.3. The molecule has 1 N–H and O–H groups in total. The van der Waals surface area contributed by atoms with E-state index in [1.807, 2.05) is 11.4 Å². The van der Waals surface area contributed by atoms with Crippen LogP contribution in [0, 0.1) is 11.8 Å². The lowest BCUT2D eigenvalue weighted by Crippen LogP contribution is -1.84. The Balaban J connectivity index is 2.65. The predicted molar refractivity (Wildman–Crippen MR) is 63.2 cm³/mol. The van der Waals surface area contributed by atoms with Gasteiger partial charge >= 0.3 is 5.97 Å². The number of aliphatic carboxylic acids is 1. The Morgan fingerprint density at radius 3 is 3.13 bits per heavy atom. The number of hydrogen-bond donors (Lipinski definition) is 1. The lowest BCUT2D eigenvalue weighted by Gasteiger charge is -1.80. The molecule has 2 nitrogen and oxygen atoms in total. The van der Waals surface area contributed by atoms with Crippen LogP contribution >= 0.6 is 22.9 Å². The zero-order valence-corrected chi connectivity index (χ0v) is 9.44. The first-order chi connectivity index (χ1) is 7.22. The van der Waals surface area contributed by atoms with Gasteiger partial charge in [0.15, 0.2) is 0 Å². The molecule has 0 aromatic carbocycles. The molecule has 15 heavy (non-hydrogen) atoms. The fraction of sp³-hybridized carbons (Fsp3) is 0.182. The molecule has 78 valence electrons. The molecule has 0 spiro atoms. The second-order valence-electron chi connectivity index (χ2n) is 2.65. The van der Waals surface area contributed by atoms with E-state index in [0.29, 0.717) is 12.3 Å². The molecule has 0 atom stereocenters. The van der Waals surface area contributed by atoms with Crippen molar-refractivity contribution in [2.45, 2.75) is 6.42 Å². The van der Waals surface area contributed by atoms with Crippen molar-refractivity contribution in [2.75, 3.05) is 5.88 Å². The van der Waals surface area contributed by atoms with E-state index in [0.717, 1.165) is 16.5 Å². The number of halogens is 1. The van der Waals surface area contributed by atoms with Crippen molar-refractivity contribution in [2.24, 2.45) is 0 Å². The first kappa shape index (κ1) is 11.8. The van der Waals surface area contributed by atoms with Crippen molar-refractivity contribution in [1.29, 1.82) is 0 Å². The standard InChI is InChI=1S/C11H9ClO2S/c12-6-2-1-3-9-7-10(15-8-9)4-5-11(13)14/h4-5,7-8H,2,6H2,(H,13,14)/b5-4+. The summed E-state index contributed by atoms with van der Waals surface area (Å²) in [5.41, 5.74) is 0.898. The summed E-state index contributed by atoms with van der Waals surface area (Å²) in [4.78, 5) is 11.1. The van der Waals surface area contributed by atoms with Crippen molar-refractivity contribution < 1.29 is 9.90 Å². The van der Waals surface area contributed by atoms with Gasteiger partial charge in [0.2, 0.25) is 0 Å². The molecule has 1 rings (SSSR count). The highest BCUT2D eigenvalue weighted by atomic mass is 35.5. The fourth-order valence-electron chi connectivity index (χ4n) is 0.871. The van der Waals surface area contributed by atoms with Gasteiger partial charge in [-0.3, -0.25) is 0 Å². The molecular weight excluding hydrogens is 232 g/mol. The fourth-order valence-corrected chi connectivity index (χ4v) is 1.70. The lowest BCUT2D eigenvalue weighted by molar-refractivity contribution is -0.131. The predicted octanol–water partition coefficient (Wildman–Crippen LogP) is 2.83. The van der Waals surface area contributed by atoms with Crippen LogP contribution in [0.3, 0.4) is 0 Å². The molecule has 1 heterocycles. The van der Waals surface area contributed by atoms with Crippen LogP contribution in [-0.4, -0.2) is 17.0 Å². The number of carboxylic acids is 1. The third-order valence-corrected chi connectivity index (χ3v) is 2.55. The minimum Gasteiger partial charge on any atom is -0.478 e. The van der Waals surface area contributed by atoms with Gasteiger partial charge in [0.25, 0.3) is 0 Å². The second kappa shape index (κ2) is 6.28. The zero-order valence-electron chi connectivity index (χ0n) is 7.87. The van der Waals surface area contributed by atoms with Crippen LogP contribution in [0.1, 0.15) is 16.9 Å². The highest BCUT2D eigenvalue weighted by Gasteiger charge is 1.94. The molecular formula is C11H9ClO2S. The van der Waals surface area contributed by atoms with Gasteiger partial charge in [-0.2, -0.15) is 0 Å². The topological polar surface area (TPSA) is 37.3 Å². The van der Waals surface area contributed by atoms with Gasteiger partial charge in [0.1, 0.15) is 0 Å². The van der Waals surface area contributed by atoms with Crippen LogP contribution in [-0.2, 0) is 4.79 Å². The third-order valence-electron chi connectivity index (χ3n) is 1.46. The minimum atomic E-state index is -0.946. The Bertz CT molecular complexity index is 423. The Labute approximate surface area is 97.2 Å². The third kappa shape index (κ3) is 4.68. The number of hydrogen-bond acceptors (Lipinski definition) is 2. The number of carbonyl (C=O) groups is 1. The molecule has 0 aliphatic heterocycles. The average Bonchev–Trinajstić information content (AvgIpc) is 2.63. The van der Waals surface area contributed by atoms with Crippen molar-refractivity contribution in [3.8, 4) is 11.8 Å². The smallest absolute Gasteiger partial charge is 0.328 e. The SMILES string of the molecule is O=C(O)/C=C/c1cc(C#CCCCl)cs1. The molecule has 4 heteroatoms. The van der Waals surface area contributed by atoms with E-state index in [1.54, 1.807) is 6.08 Å². The monoisotopic (exact) mass is 240 g/mol. The van der Waals surface area contributed by atoms with Gasteiger partial charge in [-0.15, -0.1) is 22.9 Å². The van der Waals surface area contributed by atoms with E-state index in [4.69, 9.17) is 16.7 Å². The van der Waals surface area contributed by atoms with Gasteiger partial charge < -0.3 is 5.11 Å². The summed E-state index contributed by atoms with van der Waals surface area (Å²) in [6.07, 6.45) is 3.33. The largest absolute Gasteiger partial charge is 0.478 e. The normalized spacial score (nSPS) is 9.93. The summed E-state index contributed by atoms with van der Waals surface area (Å²) in [7, 11) is 0. The minimum absolute atomic E-state index is 0.531. The van der Waals surface area contributed by atoms with Gasteiger partial charge in [-0.1, -0.05) is 11.8 Å². The van der Waals surface area contributed by atoms with E-state index in [9.17, 15) is 4.79 Å². The molecule has 0 radical (unpaired) electrons. The molecule has 1 aromatic rings. The summed E-state index contributed by atoms with van der Waals surface area (Å²) >= 11 is 6.95. The quantitative estimate of drug-likeness (QED) is 0.501. The Morgan fingerprint density at radius 1 is 1.67 bits per heavy atom. The zero-order chi connectivity index (χ0) is 11.1. The van der Waals surface area contributed by atoms with Gasteiger partial charge in [0.05, 0.1) is 0 Å². The summed E-state index contributed by atoms with van der Waals surface area (Å²) < 4.78 is 0. The summed E-state index contributed by atoms with van der Waals surface area (Å²) in [5, 5.41) is 10.3. The molecule has 0 aliphatic rings. The van der Waals surface area contributed by atoms with Crippen LogP contribution in [0.2, 0.25) is 0 Å². The highest BCUT2D eigenvalue weighted by Crippen LogP contribution is 2.15. The van der Waals surface area contributed by atoms with Gasteiger partial charge in [-0.25, -0.2) is 4.79 Å². The number of carboxylic acid groups (broad SMARTS) is 1. The van der Waals surface area contributed by atoms with Crippen molar-refractivity contribution in [1.82, 2.24) is 0 Å². The van der Waals surface area contributed by atoms with Crippen LogP contribution in [0.5, 0.6) is 0 Å². The maximum absolute atomic E-state index is 10.3. The summed E-state index contributed by atoms with van der Waals surface area (Å²) in [6, 6.07) is 1.85. The lowest BCUT2D eigenvalue weighted by atomic mass is 10.3. The molecule has 0 bridgehead atoms. The van der Waals surface area contributed by atoms with Crippen LogP contribution in [0.25, 0.3) is 6.08 Å². The molecule has 0 amide bonds. The van der Waals surface area contributed by atoms with E-state index in [-0.39, 0.29) is 0 Å². The van der Waals surface area contributed by atoms with Crippen LogP contribution in [0.15, 0.2) is 17.5 Å². The van der Waals surface area contributed by atoms with Crippen LogP contribution < -0.4 is 0 Å². The number of alkyl halides is 1. The molecule has 0 aliphatic carbocycles. The first-order valence-corrected chi connectivity index (χ1v) is 5.68. The molecule has 0 saturated heterocycles. The average molecular weight is 241 g/mol. The first-order valence-electron chi connectivity index (χ1n) is 4.27. The Hall–Kier alpha value is -1.24. The van der Waals surface area contributed by atoms with Crippen molar-refractivity contribution in [3.05, 3.63) is 28.0 Å². The molecule has 0 fully saturated rings. The molecule has 0 saturated carbocycles. The molecule has 1 aromatic heterocycles. The Morgan fingerprint density at radius 2 is 2.47 bits per heavy atom. The van der Waals surface area contributed by atoms with Gasteiger partial charge in [0, 0.05) is 34.2 Å². The maximum Gasteiger partial charge on any atom is 0.328 e. The highest BCUT2D eigenvalue weighted by molar-refractivity contribution is 7.11. The summed E-state index contributed by atoms with van der Waals surface area (Å²) in [5.74, 6) is 5.45. The Kier molecular flexibility index (Phi) is 4.96. The summed E-state index contributed by atoms with van der Waals surface area (Å²) in [6.45, 7) is 0. The van der Waals surface area contributed by atoms with Gasteiger partial charge in [-0.05, 0) is 12.1 Å². The van der Waals surface area contributed by atoms with E-state index in [2.05, 4.69) is 11.8 Å². The van der Waals surface area contributed by atoms with E-state index >= 15 is 0 Å². The van der Waals surface area contributed by atoms with Crippen LogP contribution in [0.4, 0.5) is 0 Å². The number of rotatable bonds is 3. The second-order valence-corrected chi connectivity index (χ2v) is 3.97. The number of thiophene rings is 1. The van der Waals surface area contributed by atoms with Crippen molar-refractivity contribution in [3.63, 3.8) is 0 Å². The van der Waals surface area contributed by atoms with Crippen molar-refractivity contribution >= 4 is 35.0 Å².